The molecule has 29 heavy (non-hydrogen) atoms. The van der Waals surface area contributed by atoms with Crippen LogP contribution in [0.1, 0.15) is 17.0 Å². The number of rotatable bonds is 4. The summed E-state index contributed by atoms with van der Waals surface area (Å²) in [5, 5.41) is 21.0. The molecule has 3 aromatic rings. The molecular formula is C21H15N5O3. The molecule has 0 radical (unpaired) electrons. The first kappa shape index (κ1) is 18.0. The van der Waals surface area contributed by atoms with Crippen molar-refractivity contribution in [1.82, 2.24) is 9.55 Å². The van der Waals surface area contributed by atoms with Gasteiger partial charge in [-0.1, -0.05) is 60.7 Å². The molecular weight excluding hydrogens is 370 g/mol. The van der Waals surface area contributed by atoms with Crippen LogP contribution in [0.5, 0.6) is 0 Å². The fourth-order valence-corrected chi connectivity index (χ4v) is 3.32. The Hall–Kier alpha value is -4.38. The van der Waals surface area contributed by atoms with E-state index in [1.165, 1.54) is 17.1 Å². The lowest BCUT2D eigenvalue weighted by atomic mass is 9.85. The van der Waals surface area contributed by atoms with E-state index < -0.39 is 10.8 Å². The van der Waals surface area contributed by atoms with Gasteiger partial charge < -0.3 is 20.6 Å². The van der Waals surface area contributed by atoms with E-state index >= 15 is 0 Å². The van der Waals surface area contributed by atoms with Crippen LogP contribution in [0.25, 0.3) is 11.5 Å². The molecule has 2 heterocycles. The standard InChI is InChI=1S/C21H15N5O3/c22-11-16-18(14-7-3-1-4-8-14)19(25-12-17(24-13-25)26(27)28)20(29-21(16)23)15-9-5-2-6-10-15/h1-10,12-13,18H,23H2. The number of nitrogens with two attached hydrogens (primary N) is 1. The van der Waals surface area contributed by atoms with Crippen molar-refractivity contribution in [2.45, 2.75) is 5.92 Å². The van der Waals surface area contributed by atoms with Crippen LogP contribution < -0.4 is 5.73 Å². The molecule has 8 nitrogen and oxygen atoms in total. The molecule has 142 valence electrons. The Labute approximate surface area is 165 Å². The highest BCUT2D eigenvalue weighted by Gasteiger charge is 2.35. The van der Waals surface area contributed by atoms with E-state index in [0.29, 0.717) is 11.5 Å². The molecule has 0 saturated carbocycles. The van der Waals surface area contributed by atoms with Gasteiger partial charge >= 0.3 is 5.82 Å². The number of benzene rings is 2. The lowest BCUT2D eigenvalue weighted by Crippen LogP contribution is -2.22. The molecule has 1 aliphatic rings. The van der Waals surface area contributed by atoms with E-state index in [1.54, 1.807) is 0 Å². The zero-order valence-corrected chi connectivity index (χ0v) is 15.1. The number of allylic oxidation sites excluding steroid dienone is 2. The van der Waals surface area contributed by atoms with Gasteiger partial charge in [0.25, 0.3) is 0 Å². The predicted molar refractivity (Wildman–Crippen MR) is 106 cm³/mol. The maximum Gasteiger partial charge on any atom is 0.381 e. The van der Waals surface area contributed by atoms with Crippen LogP contribution in [0.4, 0.5) is 5.82 Å². The number of imidazole rings is 1. The van der Waals surface area contributed by atoms with Gasteiger partial charge in [0.2, 0.25) is 12.2 Å². The Morgan fingerprint density at radius 3 is 2.38 bits per heavy atom. The lowest BCUT2D eigenvalue weighted by molar-refractivity contribution is -0.389. The number of hydrogen-bond acceptors (Lipinski definition) is 6. The number of hydrogen-bond donors (Lipinski definition) is 1. The summed E-state index contributed by atoms with van der Waals surface area (Å²) in [5.41, 5.74) is 8.38. The van der Waals surface area contributed by atoms with Gasteiger partial charge in [-0.2, -0.15) is 5.26 Å². The van der Waals surface area contributed by atoms with Gasteiger partial charge in [0, 0.05) is 5.56 Å². The minimum absolute atomic E-state index is 0.00132. The Morgan fingerprint density at radius 2 is 1.79 bits per heavy atom. The molecule has 1 atom stereocenters. The van der Waals surface area contributed by atoms with Crippen molar-refractivity contribution in [2.75, 3.05) is 0 Å². The first-order valence-electron chi connectivity index (χ1n) is 8.71. The molecule has 0 saturated heterocycles. The van der Waals surface area contributed by atoms with E-state index in [4.69, 9.17) is 10.5 Å². The fraction of sp³-hybridized carbons (Fsp3) is 0.0476. The smallest absolute Gasteiger partial charge is 0.381 e. The minimum atomic E-state index is -0.584. The molecule has 4 rings (SSSR count). The quantitative estimate of drug-likeness (QED) is 0.541. The maximum absolute atomic E-state index is 11.2. The normalized spacial score (nSPS) is 16.3. The van der Waals surface area contributed by atoms with Gasteiger partial charge in [0.15, 0.2) is 5.76 Å². The molecule has 1 unspecified atom stereocenters. The fourth-order valence-electron chi connectivity index (χ4n) is 3.32. The molecule has 0 spiro atoms. The molecule has 0 aliphatic carbocycles. The van der Waals surface area contributed by atoms with Gasteiger partial charge in [0.05, 0.1) is 11.6 Å². The summed E-state index contributed by atoms with van der Waals surface area (Å²) in [6.07, 6.45) is 2.64. The van der Waals surface area contributed by atoms with Crippen molar-refractivity contribution in [3.05, 3.63) is 106 Å². The average Bonchev–Trinajstić information content (AvgIpc) is 3.24. The van der Waals surface area contributed by atoms with Crippen molar-refractivity contribution in [3.63, 3.8) is 0 Å². The highest BCUT2D eigenvalue weighted by molar-refractivity contribution is 5.87. The Bertz CT molecular complexity index is 1170. The first-order valence-corrected chi connectivity index (χ1v) is 8.71. The van der Waals surface area contributed by atoms with Crippen LogP contribution >= 0.6 is 0 Å². The topological polar surface area (TPSA) is 120 Å². The van der Waals surface area contributed by atoms with E-state index in [-0.39, 0.29) is 17.3 Å². The second-order valence-electron chi connectivity index (χ2n) is 6.31. The highest BCUT2D eigenvalue weighted by Crippen LogP contribution is 2.44. The minimum Gasteiger partial charge on any atom is -0.438 e. The third kappa shape index (κ3) is 3.21. The third-order valence-corrected chi connectivity index (χ3v) is 4.60. The van der Waals surface area contributed by atoms with E-state index in [2.05, 4.69) is 11.1 Å². The zero-order valence-electron chi connectivity index (χ0n) is 15.1. The Balaban J connectivity index is 2.02. The maximum atomic E-state index is 11.2. The van der Waals surface area contributed by atoms with E-state index in [1.807, 2.05) is 60.7 Å². The largest absolute Gasteiger partial charge is 0.438 e. The number of aromatic nitrogens is 2. The molecule has 1 aliphatic heterocycles. The van der Waals surface area contributed by atoms with E-state index in [0.717, 1.165) is 11.1 Å². The molecule has 8 heteroatoms. The number of nitro groups is 1. The van der Waals surface area contributed by atoms with Gasteiger partial charge in [-0.25, -0.2) is 0 Å². The van der Waals surface area contributed by atoms with Crippen LogP contribution in [0.2, 0.25) is 0 Å². The monoisotopic (exact) mass is 385 g/mol. The number of ether oxygens (including phenoxy) is 1. The van der Waals surface area contributed by atoms with Crippen molar-refractivity contribution in [1.29, 1.82) is 5.26 Å². The van der Waals surface area contributed by atoms with Crippen LogP contribution in [0.15, 0.2) is 84.6 Å². The second-order valence-corrected chi connectivity index (χ2v) is 6.31. The number of nitrogens with zero attached hydrogens (tertiary/aromatic N) is 4. The lowest BCUT2D eigenvalue weighted by Gasteiger charge is -2.29. The summed E-state index contributed by atoms with van der Waals surface area (Å²) in [6, 6.07) is 20.7. The van der Waals surface area contributed by atoms with Gasteiger partial charge in [-0.3, -0.25) is 4.57 Å². The summed E-state index contributed by atoms with van der Waals surface area (Å²) < 4.78 is 7.38. The summed E-state index contributed by atoms with van der Waals surface area (Å²) >= 11 is 0. The summed E-state index contributed by atoms with van der Waals surface area (Å²) in [5.74, 6) is -0.487. The molecule has 0 amide bonds. The molecule has 2 N–H and O–H groups in total. The van der Waals surface area contributed by atoms with Crippen LogP contribution in [-0.2, 0) is 4.74 Å². The molecule has 2 aromatic carbocycles. The first-order chi connectivity index (χ1) is 14.1. The third-order valence-electron chi connectivity index (χ3n) is 4.60. The summed E-state index contributed by atoms with van der Waals surface area (Å²) in [6.45, 7) is 0. The van der Waals surface area contributed by atoms with Crippen molar-refractivity contribution >= 4 is 17.3 Å². The average molecular weight is 385 g/mol. The Kier molecular flexibility index (Phi) is 4.55. The van der Waals surface area contributed by atoms with Gasteiger partial charge in [-0.15, -0.1) is 0 Å². The van der Waals surface area contributed by atoms with Crippen molar-refractivity contribution < 1.29 is 9.66 Å². The van der Waals surface area contributed by atoms with E-state index in [9.17, 15) is 15.4 Å². The Morgan fingerprint density at radius 1 is 1.14 bits per heavy atom. The van der Waals surface area contributed by atoms with Crippen LogP contribution in [0.3, 0.4) is 0 Å². The molecule has 0 fully saturated rings. The van der Waals surface area contributed by atoms with Gasteiger partial charge in [0.1, 0.15) is 17.8 Å². The zero-order chi connectivity index (χ0) is 20.4. The van der Waals surface area contributed by atoms with Crippen LogP contribution in [0, 0.1) is 21.4 Å². The SMILES string of the molecule is N#CC1=C(N)OC(c2ccccc2)=C(n2cnc([N+](=O)[O-])c2)C1c1ccccc1. The second kappa shape index (κ2) is 7.32. The van der Waals surface area contributed by atoms with Crippen LogP contribution in [-0.4, -0.2) is 14.5 Å². The van der Waals surface area contributed by atoms with Crippen molar-refractivity contribution in [2.24, 2.45) is 5.73 Å². The summed E-state index contributed by atoms with van der Waals surface area (Å²) in [7, 11) is 0. The summed E-state index contributed by atoms with van der Waals surface area (Å²) in [4.78, 5) is 14.5. The van der Waals surface area contributed by atoms with Crippen molar-refractivity contribution in [3.8, 4) is 6.07 Å². The molecule has 1 aromatic heterocycles. The number of nitriles is 1. The highest BCUT2D eigenvalue weighted by atomic mass is 16.6. The van der Waals surface area contributed by atoms with Gasteiger partial charge in [-0.05, 0) is 15.5 Å². The molecule has 0 bridgehead atoms. The predicted octanol–water partition coefficient (Wildman–Crippen LogP) is 3.62.